The van der Waals surface area contributed by atoms with Crippen molar-refractivity contribution in [3.05, 3.63) is 105 Å². The van der Waals surface area contributed by atoms with Gasteiger partial charge in [-0.05, 0) is 75.1 Å². The van der Waals surface area contributed by atoms with Crippen molar-refractivity contribution in [2.24, 2.45) is 5.73 Å². The van der Waals surface area contributed by atoms with Crippen molar-refractivity contribution in [1.29, 1.82) is 5.26 Å². The summed E-state index contributed by atoms with van der Waals surface area (Å²) in [6, 6.07) is 22.6. The van der Waals surface area contributed by atoms with E-state index < -0.39 is 30.4 Å². The van der Waals surface area contributed by atoms with Gasteiger partial charge in [0.2, 0.25) is 11.8 Å². The molecule has 0 heterocycles. The maximum absolute atomic E-state index is 13.2. The Morgan fingerprint density at radius 2 is 1.67 bits per heavy atom. The van der Waals surface area contributed by atoms with Crippen LogP contribution >= 0.6 is 23.2 Å². The molecule has 45 heavy (non-hydrogen) atoms. The van der Waals surface area contributed by atoms with Crippen LogP contribution in [-0.2, 0) is 16.0 Å². The number of nitrogens with zero attached hydrogens (tertiary/aromatic N) is 2. The maximum Gasteiger partial charge on any atom is 0.476 e. The molecule has 3 rings (SSSR count). The number of benzene rings is 3. The molecular weight excluding hydrogens is 614 g/mol. The van der Waals surface area contributed by atoms with E-state index in [4.69, 9.17) is 28.9 Å². The molecule has 0 fully saturated rings. The van der Waals surface area contributed by atoms with Gasteiger partial charge < -0.3 is 26.0 Å². The molecule has 12 heteroatoms. The van der Waals surface area contributed by atoms with Crippen LogP contribution < -0.4 is 16.0 Å². The average Bonchev–Trinajstić information content (AvgIpc) is 2.97. The van der Waals surface area contributed by atoms with Crippen molar-refractivity contribution in [1.82, 2.24) is 5.32 Å². The first kappa shape index (κ1) is 37.1. The molecule has 0 aromatic heterocycles. The van der Waals surface area contributed by atoms with Gasteiger partial charge in [0, 0.05) is 17.0 Å². The lowest BCUT2D eigenvalue weighted by Crippen LogP contribution is -2.51. The molecule has 5 N–H and O–H groups in total. The minimum atomic E-state index is -1.81. The summed E-state index contributed by atoms with van der Waals surface area (Å²) in [7, 11) is -1.81. The zero-order valence-electron chi connectivity index (χ0n) is 25.6. The third-order valence-electron chi connectivity index (χ3n) is 6.24. The lowest BCUT2D eigenvalue weighted by atomic mass is 9.74. The van der Waals surface area contributed by atoms with Crippen LogP contribution in [0.25, 0.3) is 6.08 Å². The quantitative estimate of drug-likeness (QED) is 0.131. The number of carbonyl (C=O) groups excluding carboxylic acids is 3. The Morgan fingerprint density at radius 3 is 2.20 bits per heavy atom. The Morgan fingerprint density at radius 1 is 1.04 bits per heavy atom. The Bertz CT molecular complexity index is 1550. The van der Waals surface area contributed by atoms with E-state index in [1.165, 1.54) is 23.1 Å². The Hall–Kier alpha value is -4.14. The molecular formula is C33H37BCl2N4O5. The number of halogens is 2. The summed E-state index contributed by atoms with van der Waals surface area (Å²) < 4.78 is 0. The van der Waals surface area contributed by atoms with E-state index in [9.17, 15) is 29.7 Å². The van der Waals surface area contributed by atoms with E-state index in [1.54, 1.807) is 30.3 Å². The van der Waals surface area contributed by atoms with Crippen molar-refractivity contribution in [2.45, 2.75) is 58.4 Å². The average molecular weight is 651 g/mol. The molecule has 0 radical (unpaired) electrons. The highest BCUT2D eigenvalue weighted by Gasteiger charge is 2.35. The summed E-state index contributed by atoms with van der Waals surface area (Å²) in [6.45, 7) is 7.31. The topological polar surface area (TPSA) is 157 Å². The molecule has 0 unspecified atom stereocenters. The number of anilines is 1. The second-order valence-corrected chi connectivity index (χ2v) is 11.9. The molecule has 0 spiro atoms. The number of nitrogens with two attached hydrogens (primary N) is 1. The third kappa shape index (κ3) is 11.7. The van der Waals surface area contributed by atoms with E-state index in [1.807, 2.05) is 64.1 Å². The van der Waals surface area contributed by atoms with Crippen LogP contribution in [0, 0.1) is 11.3 Å². The molecule has 3 aromatic carbocycles. The number of hydrogen-bond acceptors (Lipinski definition) is 6. The van der Waals surface area contributed by atoms with Crippen molar-refractivity contribution >= 4 is 59.8 Å². The van der Waals surface area contributed by atoms with Gasteiger partial charge in [0.15, 0.2) is 0 Å². The zero-order valence-corrected chi connectivity index (χ0v) is 27.1. The molecule has 0 saturated carbocycles. The van der Waals surface area contributed by atoms with Crippen LogP contribution in [0.15, 0.2) is 78.4 Å². The fourth-order valence-electron chi connectivity index (χ4n) is 4.25. The maximum atomic E-state index is 13.2. The van der Waals surface area contributed by atoms with Crippen LogP contribution in [0.1, 0.15) is 62.0 Å². The van der Waals surface area contributed by atoms with Gasteiger partial charge in [-0.1, -0.05) is 78.7 Å². The monoisotopic (exact) mass is 650 g/mol. The third-order valence-corrected chi connectivity index (χ3v) is 6.80. The largest absolute Gasteiger partial charge is 0.476 e. The molecule has 0 saturated heterocycles. The number of nitriles is 1. The summed E-state index contributed by atoms with van der Waals surface area (Å²) in [4.78, 5) is 37.9. The summed E-state index contributed by atoms with van der Waals surface area (Å²) in [5.41, 5.74) is 6.29. The van der Waals surface area contributed by atoms with Crippen LogP contribution in [0.3, 0.4) is 0 Å². The molecule has 3 aromatic rings. The molecule has 9 nitrogen and oxygen atoms in total. The molecule has 3 amide bonds. The standard InChI is InChI=1S/C26H32BN3O4.C7H5Cl2NO/c1-5-11-24(31)30(23(27(33)34)16-19-12-7-6-8-13-19)22-15-10-9-14-20(22)17-21(18-28)25(32)29-26(2,3)4;8-4-1-2-6(9)5(3-4)7(10)11/h6-10,12-15,17,23,33-34H,5,11,16H2,1-4H3,(H,29,32);1-3H,(H2,10,11)/t23-;/m0./s1. The molecule has 0 aliphatic heterocycles. The summed E-state index contributed by atoms with van der Waals surface area (Å²) in [6.07, 6.45) is 2.41. The molecule has 1 atom stereocenters. The van der Waals surface area contributed by atoms with Crippen LogP contribution in [-0.4, -0.2) is 46.4 Å². The number of hydrogen-bond donors (Lipinski definition) is 4. The lowest BCUT2D eigenvalue weighted by molar-refractivity contribution is -0.119. The second-order valence-electron chi connectivity index (χ2n) is 11.1. The van der Waals surface area contributed by atoms with Gasteiger partial charge in [0.1, 0.15) is 11.6 Å². The SMILES string of the molecule is CCCC(=O)N(c1ccccc1C=C(C#N)C(=O)NC(C)(C)C)[C@@H](Cc1ccccc1)B(O)O.NC(=O)c1cc(Cl)ccc1Cl. The smallest absolute Gasteiger partial charge is 0.426 e. The summed E-state index contributed by atoms with van der Waals surface area (Å²) in [5.74, 6) is -2.35. The Kier molecular flexibility index (Phi) is 14.3. The number of amides is 3. The van der Waals surface area contributed by atoms with Crippen LogP contribution in [0.4, 0.5) is 5.69 Å². The molecule has 0 aliphatic carbocycles. The van der Waals surface area contributed by atoms with Crippen molar-refractivity contribution in [3.8, 4) is 6.07 Å². The first-order valence-corrected chi connectivity index (χ1v) is 14.9. The predicted octanol–water partition coefficient (Wildman–Crippen LogP) is 5.36. The predicted molar refractivity (Wildman–Crippen MR) is 179 cm³/mol. The molecule has 236 valence electrons. The van der Waals surface area contributed by atoms with E-state index >= 15 is 0 Å². The van der Waals surface area contributed by atoms with Crippen molar-refractivity contribution in [3.63, 3.8) is 0 Å². The Balaban J connectivity index is 0.000000537. The van der Waals surface area contributed by atoms with Gasteiger partial charge >= 0.3 is 7.12 Å². The van der Waals surface area contributed by atoms with E-state index in [0.29, 0.717) is 27.7 Å². The van der Waals surface area contributed by atoms with Gasteiger partial charge in [-0.2, -0.15) is 5.26 Å². The minimum Gasteiger partial charge on any atom is -0.426 e. The lowest BCUT2D eigenvalue weighted by Gasteiger charge is -2.33. The van der Waals surface area contributed by atoms with E-state index in [-0.39, 0.29) is 29.9 Å². The van der Waals surface area contributed by atoms with Crippen molar-refractivity contribution in [2.75, 3.05) is 4.90 Å². The highest BCUT2D eigenvalue weighted by molar-refractivity contribution is 6.45. The highest BCUT2D eigenvalue weighted by atomic mass is 35.5. The van der Waals surface area contributed by atoms with E-state index in [2.05, 4.69) is 5.32 Å². The molecule has 0 bridgehead atoms. The van der Waals surface area contributed by atoms with Gasteiger partial charge in [-0.3, -0.25) is 14.4 Å². The first-order chi connectivity index (χ1) is 21.2. The second kappa shape index (κ2) is 17.4. The van der Waals surface area contributed by atoms with E-state index in [0.717, 1.165) is 5.56 Å². The summed E-state index contributed by atoms with van der Waals surface area (Å²) in [5, 5.41) is 33.7. The van der Waals surface area contributed by atoms with Gasteiger partial charge in [0.05, 0.1) is 22.2 Å². The normalized spacial score (nSPS) is 11.8. The van der Waals surface area contributed by atoms with Crippen LogP contribution in [0.2, 0.25) is 10.0 Å². The zero-order chi connectivity index (χ0) is 33.7. The number of para-hydroxylation sites is 1. The minimum absolute atomic E-state index is 0.116. The Labute approximate surface area is 274 Å². The van der Waals surface area contributed by atoms with Gasteiger partial charge in [-0.15, -0.1) is 0 Å². The van der Waals surface area contributed by atoms with Crippen LogP contribution in [0.5, 0.6) is 0 Å². The number of carbonyl (C=O) groups is 3. The highest BCUT2D eigenvalue weighted by Crippen LogP contribution is 2.28. The molecule has 0 aliphatic rings. The number of primary amides is 1. The summed E-state index contributed by atoms with van der Waals surface area (Å²) >= 11 is 11.2. The number of nitrogens with one attached hydrogen (secondary N) is 1. The first-order valence-electron chi connectivity index (χ1n) is 14.2. The number of rotatable bonds is 10. The fraction of sp³-hybridized carbons (Fsp3) is 0.273. The van der Waals surface area contributed by atoms with Gasteiger partial charge in [-0.25, -0.2) is 0 Å². The fourth-order valence-corrected chi connectivity index (χ4v) is 4.63. The van der Waals surface area contributed by atoms with Gasteiger partial charge in [0.25, 0.3) is 5.91 Å². The van der Waals surface area contributed by atoms with Crippen molar-refractivity contribution < 1.29 is 24.4 Å².